The molecule has 0 spiro atoms. The van der Waals surface area contributed by atoms with Crippen LogP contribution in [0, 0.1) is 0 Å². The molecule has 1 rings (SSSR count). The van der Waals surface area contributed by atoms with Crippen molar-refractivity contribution in [1.82, 2.24) is 4.57 Å². The van der Waals surface area contributed by atoms with E-state index in [1.54, 1.807) is 11.6 Å². The van der Waals surface area contributed by atoms with Crippen LogP contribution in [0.4, 0.5) is 0 Å². The average molecular weight is 260 g/mol. The van der Waals surface area contributed by atoms with Gasteiger partial charge in [-0.25, -0.2) is 4.79 Å². The van der Waals surface area contributed by atoms with E-state index in [0.717, 1.165) is 0 Å². The van der Waals surface area contributed by atoms with Gasteiger partial charge in [-0.05, 0) is 28.9 Å². The van der Waals surface area contributed by atoms with Crippen molar-refractivity contribution in [1.29, 1.82) is 0 Å². The first-order chi connectivity index (χ1) is 6.49. The zero-order valence-corrected chi connectivity index (χ0v) is 9.71. The van der Waals surface area contributed by atoms with E-state index in [0.29, 0.717) is 15.9 Å². The highest BCUT2D eigenvalue weighted by Crippen LogP contribution is 2.21. The van der Waals surface area contributed by atoms with Gasteiger partial charge in [-0.2, -0.15) is 0 Å². The van der Waals surface area contributed by atoms with Crippen LogP contribution in [0.2, 0.25) is 0 Å². The molecule has 0 aliphatic heterocycles. The minimum atomic E-state index is -0.458. The van der Waals surface area contributed by atoms with E-state index in [9.17, 15) is 9.59 Å². The number of esters is 1. The van der Waals surface area contributed by atoms with Crippen LogP contribution in [0.25, 0.3) is 0 Å². The van der Waals surface area contributed by atoms with Gasteiger partial charge in [0.05, 0.1) is 17.3 Å². The Balaban J connectivity index is 3.28. The third kappa shape index (κ3) is 1.72. The van der Waals surface area contributed by atoms with Gasteiger partial charge in [0.15, 0.2) is 5.78 Å². The number of methoxy groups -OCH3 is 1. The Hall–Kier alpha value is -1.10. The number of nitrogens with zero attached hydrogens (tertiary/aromatic N) is 1. The summed E-state index contributed by atoms with van der Waals surface area (Å²) in [5, 5.41) is 0. The van der Waals surface area contributed by atoms with Crippen LogP contribution in [0.15, 0.2) is 10.7 Å². The molecule has 0 saturated heterocycles. The summed E-state index contributed by atoms with van der Waals surface area (Å²) in [6, 6.07) is 1.51. The third-order valence-corrected chi connectivity index (χ3v) is 2.89. The van der Waals surface area contributed by atoms with Crippen molar-refractivity contribution in [3.63, 3.8) is 0 Å². The van der Waals surface area contributed by atoms with Gasteiger partial charge in [0, 0.05) is 7.05 Å². The van der Waals surface area contributed by atoms with Gasteiger partial charge in [-0.3, -0.25) is 4.79 Å². The number of hydrogen-bond acceptors (Lipinski definition) is 3. The van der Waals surface area contributed by atoms with Crippen molar-refractivity contribution in [3.05, 3.63) is 21.9 Å². The summed E-state index contributed by atoms with van der Waals surface area (Å²) in [6.07, 6.45) is 0. The molecule has 0 unspecified atom stereocenters. The summed E-state index contributed by atoms with van der Waals surface area (Å²) in [5.74, 6) is -0.552. The molecular formula is C9H10BrNO3. The number of ether oxygens (including phenoxy) is 1. The Morgan fingerprint density at radius 3 is 2.43 bits per heavy atom. The Morgan fingerprint density at radius 2 is 2.07 bits per heavy atom. The highest BCUT2D eigenvalue weighted by Gasteiger charge is 2.18. The minimum Gasteiger partial charge on any atom is -0.464 e. The van der Waals surface area contributed by atoms with Crippen LogP contribution in [0.1, 0.15) is 27.8 Å². The van der Waals surface area contributed by atoms with Gasteiger partial charge in [0.2, 0.25) is 0 Å². The first-order valence-corrected chi connectivity index (χ1v) is 4.72. The van der Waals surface area contributed by atoms with Crippen molar-refractivity contribution < 1.29 is 14.3 Å². The molecule has 0 radical (unpaired) electrons. The second-order valence-corrected chi connectivity index (χ2v) is 3.59. The second-order valence-electron chi connectivity index (χ2n) is 2.84. The maximum atomic E-state index is 11.2. The molecule has 76 valence electrons. The molecule has 0 saturated carbocycles. The zero-order chi connectivity index (χ0) is 10.9. The number of carbonyl (C=O) groups is 2. The van der Waals surface area contributed by atoms with Crippen molar-refractivity contribution in [2.45, 2.75) is 6.92 Å². The van der Waals surface area contributed by atoms with E-state index in [1.807, 2.05) is 0 Å². The van der Waals surface area contributed by atoms with E-state index in [4.69, 9.17) is 0 Å². The molecular weight excluding hydrogens is 250 g/mol. The summed E-state index contributed by atoms with van der Waals surface area (Å²) in [4.78, 5) is 22.4. The number of carbonyl (C=O) groups excluding carboxylic acids is 2. The molecule has 14 heavy (non-hydrogen) atoms. The molecule has 1 aromatic heterocycles. The first-order valence-electron chi connectivity index (χ1n) is 3.93. The Labute approximate surface area is 90.0 Å². The Morgan fingerprint density at radius 1 is 1.50 bits per heavy atom. The maximum Gasteiger partial charge on any atom is 0.354 e. The lowest BCUT2D eigenvalue weighted by Crippen LogP contribution is -2.07. The Bertz CT molecular complexity index is 395. The Kier molecular flexibility index (Phi) is 3.10. The van der Waals surface area contributed by atoms with Gasteiger partial charge in [-0.1, -0.05) is 0 Å². The molecule has 0 atom stereocenters. The lowest BCUT2D eigenvalue weighted by Gasteiger charge is -2.00. The fourth-order valence-corrected chi connectivity index (χ4v) is 1.71. The predicted molar refractivity (Wildman–Crippen MR) is 54.5 cm³/mol. The van der Waals surface area contributed by atoms with E-state index in [1.165, 1.54) is 20.1 Å². The van der Waals surface area contributed by atoms with Crippen LogP contribution >= 0.6 is 15.9 Å². The van der Waals surface area contributed by atoms with Gasteiger partial charge in [0.25, 0.3) is 0 Å². The molecule has 0 bridgehead atoms. The standard InChI is InChI=1S/C9H10BrNO3/c1-5(12)6-4-7(9(13)14-3)11(2)8(6)10/h4H,1-3H3. The summed E-state index contributed by atoms with van der Waals surface area (Å²) in [5.41, 5.74) is 0.831. The van der Waals surface area contributed by atoms with Gasteiger partial charge in [0.1, 0.15) is 5.69 Å². The summed E-state index contributed by atoms with van der Waals surface area (Å²) < 4.78 is 6.73. The quantitative estimate of drug-likeness (QED) is 0.601. The van der Waals surface area contributed by atoms with Crippen molar-refractivity contribution >= 4 is 27.7 Å². The largest absolute Gasteiger partial charge is 0.464 e. The second kappa shape index (κ2) is 3.96. The molecule has 1 aromatic rings. The molecule has 0 aromatic carbocycles. The fraction of sp³-hybridized carbons (Fsp3) is 0.333. The highest BCUT2D eigenvalue weighted by atomic mass is 79.9. The topological polar surface area (TPSA) is 48.3 Å². The zero-order valence-electron chi connectivity index (χ0n) is 8.13. The molecule has 0 N–H and O–H groups in total. The van der Waals surface area contributed by atoms with Gasteiger partial charge >= 0.3 is 5.97 Å². The van der Waals surface area contributed by atoms with Crippen LogP contribution in [-0.4, -0.2) is 23.4 Å². The maximum absolute atomic E-state index is 11.2. The molecule has 4 nitrogen and oxygen atoms in total. The van der Waals surface area contributed by atoms with E-state index in [2.05, 4.69) is 20.7 Å². The number of ketones is 1. The van der Waals surface area contributed by atoms with Crippen LogP contribution in [0.3, 0.4) is 0 Å². The van der Waals surface area contributed by atoms with Crippen molar-refractivity contribution in [2.24, 2.45) is 7.05 Å². The third-order valence-electron chi connectivity index (χ3n) is 1.93. The predicted octanol–water partition coefficient (Wildman–Crippen LogP) is 1.78. The van der Waals surface area contributed by atoms with Gasteiger partial charge in [-0.15, -0.1) is 0 Å². The molecule has 1 heterocycles. The van der Waals surface area contributed by atoms with Crippen LogP contribution in [-0.2, 0) is 11.8 Å². The summed E-state index contributed by atoms with van der Waals surface area (Å²) in [6.45, 7) is 1.45. The smallest absolute Gasteiger partial charge is 0.354 e. The molecule has 0 aliphatic rings. The normalized spacial score (nSPS) is 10.0. The molecule has 0 amide bonds. The fourth-order valence-electron chi connectivity index (χ4n) is 1.13. The number of aromatic nitrogens is 1. The monoisotopic (exact) mass is 259 g/mol. The van der Waals surface area contributed by atoms with Crippen molar-refractivity contribution in [2.75, 3.05) is 7.11 Å². The summed E-state index contributed by atoms with van der Waals surface area (Å²) in [7, 11) is 2.99. The molecule has 0 aliphatic carbocycles. The van der Waals surface area contributed by atoms with Crippen LogP contribution in [0.5, 0.6) is 0 Å². The lowest BCUT2D eigenvalue weighted by atomic mass is 10.2. The molecule has 5 heteroatoms. The summed E-state index contributed by atoms with van der Waals surface area (Å²) >= 11 is 3.23. The number of halogens is 1. The van der Waals surface area contributed by atoms with E-state index >= 15 is 0 Å². The highest BCUT2D eigenvalue weighted by molar-refractivity contribution is 9.10. The van der Waals surface area contributed by atoms with E-state index in [-0.39, 0.29) is 5.78 Å². The SMILES string of the molecule is COC(=O)c1cc(C(C)=O)c(Br)n1C. The minimum absolute atomic E-state index is 0.0948. The van der Waals surface area contributed by atoms with Gasteiger partial charge < -0.3 is 9.30 Å². The van der Waals surface area contributed by atoms with Crippen molar-refractivity contribution in [3.8, 4) is 0 Å². The first kappa shape index (κ1) is 11.0. The average Bonchev–Trinajstić information content (AvgIpc) is 2.43. The molecule has 0 fully saturated rings. The number of rotatable bonds is 2. The number of hydrogen-bond donors (Lipinski definition) is 0. The number of Topliss-reactive ketones (excluding diaryl/α,β-unsaturated/α-hetero) is 1. The van der Waals surface area contributed by atoms with E-state index < -0.39 is 5.97 Å². The van der Waals surface area contributed by atoms with Crippen LogP contribution < -0.4 is 0 Å². The lowest BCUT2D eigenvalue weighted by molar-refractivity contribution is 0.0589.